The Bertz CT molecular complexity index is 877. The Morgan fingerprint density at radius 1 is 1.12 bits per heavy atom. The van der Waals surface area contributed by atoms with Crippen LogP contribution in [0, 0.1) is 0 Å². The van der Waals surface area contributed by atoms with Crippen LogP contribution in [0.4, 0.5) is 0 Å². The fourth-order valence-electron chi connectivity index (χ4n) is 2.26. The van der Waals surface area contributed by atoms with E-state index in [0.717, 1.165) is 10.4 Å². The summed E-state index contributed by atoms with van der Waals surface area (Å²) in [6.07, 6.45) is -0.889. The lowest BCUT2D eigenvalue weighted by molar-refractivity contribution is 0.0873. The third kappa shape index (κ3) is 3.52. The second-order valence-electron chi connectivity index (χ2n) is 5.23. The first-order valence-corrected chi connectivity index (χ1v) is 7.45. The van der Waals surface area contributed by atoms with Crippen LogP contribution < -0.4 is 15.0 Å². The second kappa shape index (κ2) is 7.10. The van der Waals surface area contributed by atoms with Crippen LogP contribution in [-0.2, 0) is 6.54 Å². The van der Waals surface area contributed by atoms with Gasteiger partial charge in [-0.25, -0.2) is 4.68 Å². The van der Waals surface area contributed by atoms with Crippen molar-refractivity contribution in [2.45, 2.75) is 12.6 Å². The topological polar surface area (TPSA) is 86.5 Å². The Morgan fingerprint density at radius 3 is 2.58 bits per heavy atom. The van der Waals surface area contributed by atoms with Crippen LogP contribution in [0.2, 0.25) is 0 Å². The first-order chi connectivity index (χ1) is 11.7. The number of nitrogens with zero attached hydrogens (tertiary/aromatic N) is 3. The number of hydrogen-bond acceptors (Lipinski definition) is 6. The number of aromatic nitrogens is 3. The number of methoxy groups -OCH3 is 1. The average molecular weight is 327 g/mol. The molecule has 0 bridgehead atoms. The molecule has 0 fully saturated rings. The van der Waals surface area contributed by atoms with Crippen molar-refractivity contribution < 1.29 is 14.6 Å². The summed E-state index contributed by atoms with van der Waals surface area (Å²) in [6.45, 7) is 0.0418. The molecule has 24 heavy (non-hydrogen) atoms. The summed E-state index contributed by atoms with van der Waals surface area (Å²) < 4.78 is 11.7. The van der Waals surface area contributed by atoms with Gasteiger partial charge in [-0.15, -0.1) is 5.10 Å². The van der Waals surface area contributed by atoms with Gasteiger partial charge in [-0.1, -0.05) is 17.3 Å². The lowest BCUT2D eigenvalue weighted by atomic mass is 10.2. The molecule has 0 saturated heterocycles. The minimum atomic E-state index is -0.889. The Morgan fingerprint density at radius 2 is 1.83 bits per heavy atom. The minimum Gasteiger partial charge on any atom is -0.497 e. The van der Waals surface area contributed by atoms with Crippen molar-refractivity contribution >= 4 is 10.9 Å². The van der Waals surface area contributed by atoms with Crippen molar-refractivity contribution in [3.05, 3.63) is 58.9 Å². The monoisotopic (exact) mass is 327 g/mol. The fraction of sp³-hybridized carbons (Fsp3) is 0.235. The SMILES string of the molecule is COc1ccc(OC[C@@H](O)Cn2nnc3ccccc3c2=O)cc1. The first kappa shape index (κ1) is 15.9. The molecular weight excluding hydrogens is 310 g/mol. The van der Waals surface area contributed by atoms with E-state index in [-0.39, 0.29) is 18.7 Å². The standard InChI is InChI=1S/C17H17N3O4/c1-23-13-6-8-14(9-7-13)24-11-12(21)10-20-17(22)15-4-2-3-5-16(15)18-19-20/h2-9,12,21H,10-11H2,1H3/t12-/m0/s1. The molecule has 0 aliphatic rings. The number of ether oxygens (including phenoxy) is 2. The molecule has 1 atom stereocenters. The molecule has 1 N–H and O–H groups in total. The molecule has 0 saturated carbocycles. The van der Waals surface area contributed by atoms with Crippen molar-refractivity contribution in [1.82, 2.24) is 15.0 Å². The fourth-order valence-corrected chi connectivity index (χ4v) is 2.26. The van der Waals surface area contributed by atoms with E-state index in [9.17, 15) is 9.90 Å². The highest BCUT2D eigenvalue weighted by Crippen LogP contribution is 2.17. The summed E-state index contributed by atoms with van der Waals surface area (Å²) in [6, 6.07) is 14.0. The maximum atomic E-state index is 12.3. The van der Waals surface area contributed by atoms with E-state index < -0.39 is 6.10 Å². The zero-order valence-electron chi connectivity index (χ0n) is 13.1. The zero-order valence-corrected chi connectivity index (χ0v) is 13.1. The highest BCUT2D eigenvalue weighted by molar-refractivity contribution is 5.76. The van der Waals surface area contributed by atoms with Crippen LogP contribution in [0.25, 0.3) is 10.9 Å². The summed E-state index contributed by atoms with van der Waals surface area (Å²) in [5, 5.41) is 18.4. The molecule has 2 aromatic carbocycles. The minimum absolute atomic E-state index is 0.00677. The van der Waals surface area contributed by atoms with E-state index in [4.69, 9.17) is 9.47 Å². The smallest absolute Gasteiger partial charge is 0.277 e. The molecule has 3 rings (SSSR count). The van der Waals surface area contributed by atoms with Crippen molar-refractivity contribution in [2.75, 3.05) is 13.7 Å². The van der Waals surface area contributed by atoms with E-state index in [2.05, 4.69) is 10.3 Å². The molecule has 0 aliphatic carbocycles. The normalized spacial score (nSPS) is 12.1. The summed E-state index contributed by atoms with van der Waals surface area (Å²) >= 11 is 0. The Balaban J connectivity index is 1.65. The van der Waals surface area contributed by atoms with E-state index in [1.165, 1.54) is 0 Å². The highest BCUT2D eigenvalue weighted by atomic mass is 16.5. The predicted octanol–water partition coefficient (Wildman–Crippen LogP) is 1.24. The molecule has 7 heteroatoms. The van der Waals surface area contributed by atoms with Crippen LogP contribution in [0.1, 0.15) is 0 Å². The molecule has 7 nitrogen and oxygen atoms in total. The summed E-state index contributed by atoms with van der Waals surface area (Å²) in [4.78, 5) is 12.3. The van der Waals surface area contributed by atoms with Gasteiger partial charge >= 0.3 is 0 Å². The van der Waals surface area contributed by atoms with Crippen LogP contribution in [0.15, 0.2) is 53.3 Å². The summed E-state index contributed by atoms with van der Waals surface area (Å²) in [5.74, 6) is 1.33. The number of benzene rings is 2. The van der Waals surface area contributed by atoms with Gasteiger partial charge < -0.3 is 14.6 Å². The van der Waals surface area contributed by atoms with Crippen molar-refractivity contribution in [2.24, 2.45) is 0 Å². The lowest BCUT2D eigenvalue weighted by Gasteiger charge is -2.13. The van der Waals surface area contributed by atoms with Gasteiger partial charge in [-0.05, 0) is 36.4 Å². The van der Waals surface area contributed by atoms with Crippen LogP contribution in [-0.4, -0.2) is 39.9 Å². The van der Waals surface area contributed by atoms with Crippen LogP contribution >= 0.6 is 0 Å². The maximum Gasteiger partial charge on any atom is 0.277 e. The van der Waals surface area contributed by atoms with E-state index >= 15 is 0 Å². The molecule has 0 radical (unpaired) electrons. The van der Waals surface area contributed by atoms with E-state index in [1.807, 2.05) is 0 Å². The first-order valence-electron chi connectivity index (χ1n) is 7.45. The molecule has 0 spiro atoms. The van der Waals surface area contributed by atoms with Crippen molar-refractivity contribution in [3.63, 3.8) is 0 Å². The summed E-state index contributed by atoms with van der Waals surface area (Å²) in [7, 11) is 1.59. The number of hydrogen-bond donors (Lipinski definition) is 1. The van der Waals surface area contributed by atoms with Crippen LogP contribution in [0.5, 0.6) is 11.5 Å². The second-order valence-corrected chi connectivity index (χ2v) is 5.23. The van der Waals surface area contributed by atoms with Gasteiger partial charge in [0.25, 0.3) is 5.56 Å². The zero-order chi connectivity index (χ0) is 16.9. The number of aliphatic hydroxyl groups is 1. The van der Waals surface area contributed by atoms with Gasteiger partial charge in [0, 0.05) is 0 Å². The molecule has 124 valence electrons. The summed E-state index contributed by atoms with van der Waals surface area (Å²) in [5.41, 5.74) is 0.242. The van der Waals surface area contributed by atoms with Crippen molar-refractivity contribution in [1.29, 1.82) is 0 Å². The van der Waals surface area contributed by atoms with E-state index in [1.54, 1.807) is 55.6 Å². The highest BCUT2D eigenvalue weighted by Gasteiger charge is 2.11. The largest absolute Gasteiger partial charge is 0.497 e. The van der Waals surface area contributed by atoms with Crippen molar-refractivity contribution in [3.8, 4) is 11.5 Å². The quantitative estimate of drug-likeness (QED) is 0.733. The molecular formula is C17H17N3O4. The maximum absolute atomic E-state index is 12.3. The molecule has 0 unspecified atom stereocenters. The van der Waals surface area contributed by atoms with Gasteiger partial charge in [0.15, 0.2) is 0 Å². The number of rotatable bonds is 6. The molecule has 1 aromatic heterocycles. The van der Waals surface area contributed by atoms with Gasteiger partial charge in [0.05, 0.1) is 19.0 Å². The van der Waals surface area contributed by atoms with E-state index in [0.29, 0.717) is 16.7 Å². The third-order valence-electron chi connectivity index (χ3n) is 3.51. The van der Waals surface area contributed by atoms with Gasteiger partial charge in [0.2, 0.25) is 0 Å². The number of aliphatic hydroxyl groups excluding tert-OH is 1. The number of fused-ring (bicyclic) bond motifs is 1. The van der Waals surface area contributed by atoms with Gasteiger partial charge in [-0.3, -0.25) is 4.79 Å². The van der Waals surface area contributed by atoms with Gasteiger partial charge in [-0.2, -0.15) is 0 Å². The lowest BCUT2D eigenvalue weighted by Crippen LogP contribution is -2.32. The average Bonchev–Trinajstić information content (AvgIpc) is 2.63. The predicted molar refractivity (Wildman–Crippen MR) is 88.3 cm³/mol. The Labute approximate surface area is 138 Å². The Hall–Kier alpha value is -2.93. The Kier molecular flexibility index (Phi) is 4.72. The van der Waals surface area contributed by atoms with Crippen LogP contribution in [0.3, 0.4) is 0 Å². The molecule has 3 aromatic rings. The third-order valence-corrected chi connectivity index (χ3v) is 3.51. The van der Waals surface area contributed by atoms with Gasteiger partial charge in [0.1, 0.15) is 29.7 Å². The molecule has 0 aliphatic heterocycles. The molecule has 1 heterocycles. The molecule has 0 amide bonds.